The molecule has 0 spiro atoms. The molecule has 0 bridgehead atoms. The van der Waals surface area contributed by atoms with E-state index in [0.717, 1.165) is 11.3 Å². The third-order valence-corrected chi connectivity index (χ3v) is 3.50. The maximum Gasteiger partial charge on any atom is 0.224 e. The summed E-state index contributed by atoms with van der Waals surface area (Å²) in [6, 6.07) is 20.8. The first-order valence-corrected chi connectivity index (χ1v) is 7.82. The molecule has 24 heavy (non-hydrogen) atoms. The van der Waals surface area contributed by atoms with Crippen LogP contribution in [0.2, 0.25) is 0 Å². The standard InChI is InChI=1S/C20H18N2O2/c23-20(13-12-16-7-6-14-21-15-16)22-18-10-4-5-11-19(18)24-17-8-2-1-3-9-17/h1-11,14-15H,12-13H2,(H,22,23). The molecule has 0 aliphatic heterocycles. The number of anilines is 1. The second-order valence-electron chi connectivity index (χ2n) is 5.32. The lowest BCUT2D eigenvalue weighted by molar-refractivity contribution is -0.116. The number of pyridine rings is 1. The number of carbonyl (C=O) groups is 1. The minimum Gasteiger partial charge on any atom is -0.455 e. The van der Waals surface area contributed by atoms with Crippen molar-refractivity contribution in [1.29, 1.82) is 0 Å². The van der Waals surface area contributed by atoms with Gasteiger partial charge in [0.15, 0.2) is 5.75 Å². The molecule has 0 aliphatic carbocycles. The molecule has 1 aromatic heterocycles. The van der Waals surface area contributed by atoms with Crippen LogP contribution < -0.4 is 10.1 Å². The van der Waals surface area contributed by atoms with Crippen molar-refractivity contribution < 1.29 is 9.53 Å². The molecule has 3 rings (SSSR count). The Kier molecular flexibility index (Phi) is 5.20. The van der Waals surface area contributed by atoms with E-state index in [9.17, 15) is 4.79 Å². The molecule has 0 saturated carbocycles. The Morgan fingerprint density at radius 3 is 2.54 bits per heavy atom. The number of hydrogen-bond donors (Lipinski definition) is 1. The molecular formula is C20H18N2O2. The molecule has 120 valence electrons. The smallest absolute Gasteiger partial charge is 0.224 e. The second kappa shape index (κ2) is 7.92. The number of nitrogens with one attached hydrogen (secondary N) is 1. The summed E-state index contributed by atoms with van der Waals surface area (Å²) >= 11 is 0. The van der Waals surface area contributed by atoms with Crippen LogP contribution in [0.25, 0.3) is 0 Å². The molecule has 0 saturated heterocycles. The number of hydrogen-bond acceptors (Lipinski definition) is 3. The van der Waals surface area contributed by atoms with Gasteiger partial charge in [-0.3, -0.25) is 9.78 Å². The van der Waals surface area contributed by atoms with E-state index in [4.69, 9.17) is 4.74 Å². The molecule has 1 N–H and O–H groups in total. The van der Waals surface area contributed by atoms with Gasteiger partial charge in [-0.2, -0.15) is 0 Å². The molecule has 0 aliphatic rings. The van der Waals surface area contributed by atoms with E-state index in [2.05, 4.69) is 10.3 Å². The minimum atomic E-state index is -0.0528. The summed E-state index contributed by atoms with van der Waals surface area (Å²) in [5.41, 5.74) is 1.71. The van der Waals surface area contributed by atoms with Crippen LogP contribution in [0.1, 0.15) is 12.0 Å². The Labute approximate surface area is 141 Å². The first-order valence-electron chi connectivity index (χ1n) is 7.82. The summed E-state index contributed by atoms with van der Waals surface area (Å²) in [6.45, 7) is 0. The number of benzene rings is 2. The van der Waals surface area contributed by atoms with E-state index in [0.29, 0.717) is 24.3 Å². The zero-order valence-corrected chi connectivity index (χ0v) is 13.2. The summed E-state index contributed by atoms with van der Waals surface area (Å²) in [5, 5.41) is 2.92. The van der Waals surface area contributed by atoms with Crippen LogP contribution in [0.5, 0.6) is 11.5 Å². The summed E-state index contributed by atoms with van der Waals surface area (Å²) in [6.07, 6.45) is 4.55. The van der Waals surface area contributed by atoms with Crippen LogP contribution in [0.15, 0.2) is 79.1 Å². The van der Waals surface area contributed by atoms with Crippen LogP contribution in [0.4, 0.5) is 5.69 Å². The Balaban J connectivity index is 1.63. The van der Waals surface area contributed by atoms with E-state index in [-0.39, 0.29) is 5.91 Å². The lowest BCUT2D eigenvalue weighted by Crippen LogP contribution is -2.13. The van der Waals surface area contributed by atoms with Crippen molar-refractivity contribution in [3.05, 3.63) is 84.7 Å². The maximum absolute atomic E-state index is 12.2. The fourth-order valence-corrected chi connectivity index (χ4v) is 2.29. The number of rotatable bonds is 6. The van der Waals surface area contributed by atoms with E-state index in [1.54, 1.807) is 12.4 Å². The summed E-state index contributed by atoms with van der Waals surface area (Å²) in [4.78, 5) is 16.3. The van der Waals surface area contributed by atoms with Gasteiger partial charge in [0, 0.05) is 18.8 Å². The van der Waals surface area contributed by atoms with Gasteiger partial charge < -0.3 is 10.1 Å². The summed E-state index contributed by atoms with van der Waals surface area (Å²) < 4.78 is 5.85. The first-order chi connectivity index (χ1) is 11.8. The number of ether oxygens (including phenoxy) is 1. The summed E-state index contributed by atoms with van der Waals surface area (Å²) in [7, 11) is 0. The maximum atomic E-state index is 12.2. The zero-order valence-electron chi connectivity index (χ0n) is 13.2. The van der Waals surface area contributed by atoms with Crippen molar-refractivity contribution >= 4 is 11.6 Å². The van der Waals surface area contributed by atoms with Crippen LogP contribution in [0, 0.1) is 0 Å². The highest BCUT2D eigenvalue weighted by Crippen LogP contribution is 2.29. The van der Waals surface area contributed by atoms with E-state index in [1.807, 2.05) is 66.7 Å². The van der Waals surface area contributed by atoms with Gasteiger partial charge in [0.25, 0.3) is 0 Å². The normalized spacial score (nSPS) is 10.2. The number of nitrogens with zero attached hydrogens (tertiary/aromatic N) is 1. The molecule has 2 aromatic carbocycles. The number of aromatic nitrogens is 1. The molecule has 1 amide bonds. The van der Waals surface area contributed by atoms with Crippen molar-refractivity contribution in [2.45, 2.75) is 12.8 Å². The molecule has 3 aromatic rings. The molecule has 4 nitrogen and oxygen atoms in total. The molecule has 0 radical (unpaired) electrons. The summed E-state index contributed by atoms with van der Waals surface area (Å²) in [5.74, 6) is 1.30. The van der Waals surface area contributed by atoms with Crippen molar-refractivity contribution in [2.24, 2.45) is 0 Å². The van der Waals surface area contributed by atoms with Crippen molar-refractivity contribution in [3.8, 4) is 11.5 Å². The van der Waals surface area contributed by atoms with Gasteiger partial charge in [0.05, 0.1) is 5.69 Å². The molecule has 1 heterocycles. The second-order valence-corrected chi connectivity index (χ2v) is 5.32. The average molecular weight is 318 g/mol. The van der Waals surface area contributed by atoms with E-state index >= 15 is 0 Å². The van der Waals surface area contributed by atoms with Gasteiger partial charge in [-0.05, 0) is 42.3 Å². The average Bonchev–Trinajstić information content (AvgIpc) is 2.63. The van der Waals surface area contributed by atoms with Crippen LogP contribution in [0.3, 0.4) is 0 Å². The zero-order chi connectivity index (χ0) is 16.6. The minimum absolute atomic E-state index is 0.0528. The molecular weight excluding hydrogens is 300 g/mol. The highest BCUT2D eigenvalue weighted by molar-refractivity contribution is 5.92. The van der Waals surface area contributed by atoms with E-state index < -0.39 is 0 Å². The van der Waals surface area contributed by atoms with E-state index in [1.165, 1.54) is 0 Å². The van der Waals surface area contributed by atoms with Gasteiger partial charge in [-0.25, -0.2) is 0 Å². The third-order valence-electron chi connectivity index (χ3n) is 3.50. The van der Waals surface area contributed by atoms with Crippen LogP contribution >= 0.6 is 0 Å². The Morgan fingerprint density at radius 2 is 1.75 bits per heavy atom. The fraction of sp³-hybridized carbons (Fsp3) is 0.100. The van der Waals surface area contributed by atoms with Gasteiger partial charge in [-0.15, -0.1) is 0 Å². The monoisotopic (exact) mass is 318 g/mol. The lowest BCUT2D eigenvalue weighted by atomic mass is 10.1. The number of amides is 1. The highest BCUT2D eigenvalue weighted by Gasteiger charge is 2.08. The molecule has 0 atom stereocenters. The molecule has 4 heteroatoms. The van der Waals surface area contributed by atoms with Crippen molar-refractivity contribution in [3.63, 3.8) is 0 Å². The Bertz CT molecular complexity index is 789. The Hall–Kier alpha value is -3.14. The van der Waals surface area contributed by atoms with Gasteiger partial charge in [0.2, 0.25) is 5.91 Å². The fourth-order valence-electron chi connectivity index (χ4n) is 2.29. The predicted molar refractivity (Wildman–Crippen MR) is 94.1 cm³/mol. The van der Waals surface area contributed by atoms with Crippen molar-refractivity contribution in [2.75, 3.05) is 5.32 Å². The SMILES string of the molecule is O=C(CCc1cccnc1)Nc1ccccc1Oc1ccccc1. The van der Waals surface area contributed by atoms with Crippen molar-refractivity contribution in [1.82, 2.24) is 4.98 Å². The number of para-hydroxylation sites is 3. The first kappa shape index (κ1) is 15.7. The largest absolute Gasteiger partial charge is 0.455 e. The highest BCUT2D eigenvalue weighted by atomic mass is 16.5. The third kappa shape index (κ3) is 4.43. The van der Waals surface area contributed by atoms with Gasteiger partial charge in [0.1, 0.15) is 5.75 Å². The number of aryl methyl sites for hydroxylation is 1. The van der Waals surface area contributed by atoms with Crippen LogP contribution in [-0.4, -0.2) is 10.9 Å². The molecule has 0 unspecified atom stereocenters. The predicted octanol–water partition coefficient (Wildman–Crippen LogP) is 4.45. The quantitative estimate of drug-likeness (QED) is 0.731. The lowest BCUT2D eigenvalue weighted by Gasteiger charge is -2.12. The molecule has 0 fully saturated rings. The van der Waals surface area contributed by atoms with Crippen LogP contribution in [-0.2, 0) is 11.2 Å². The number of carbonyl (C=O) groups excluding carboxylic acids is 1. The Morgan fingerprint density at radius 1 is 0.958 bits per heavy atom. The van der Waals surface area contributed by atoms with Gasteiger partial charge >= 0.3 is 0 Å². The van der Waals surface area contributed by atoms with Gasteiger partial charge in [-0.1, -0.05) is 36.4 Å². The topological polar surface area (TPSA) is 51.2 Å².